The number of carbonyl (C=O) groups excluding carboxylic acids is 1. The number of hydrogen-bond donors (Lipinski definition) is 0. The van der Waals surface area contributed by atoms with Crippen molar-refractivity contribution in [1.82, 2.24) is 0 Å². The zero-order valence-corrected chi connectivity index (χ0v) is 10.1. The van der Waals surface area contributed by atoms with Gasteiger partial charge in [-0.2, -0.15) is 0 Å². The Balaban J connectivity index is 2.10. The topological polar surface area (TPSA) is 17.1 Å². The summed E-state index contributed by atoms with van der Waals surface area (Å²) in [6.45, 7) is 9.50. The molecule has 82 valence electrons. The fraction of sp³-hybridized carbons (Fsp3) is 0.786. The molecule has 0 aromatic heterocycles. The predicted molar refractivity (Wildman–Crippen MR) is 60.4 cm³/mol. The van der Waals surface area contributed by atoms with Crippen LogP contribution in [-0.4, -0.2) is 5.78 Å². The van der Waals surface area contributed by atoms with E-state index in [0.717, 1.165) is 12.3 Å². The second kappa shape index (κ2) is 2.39. The second-order valence-corrected chi connectivity index (χ2v) is 6.85. The molecule has 0 aromatic rings. The zero-order chi connectivity index (χ0) is 11.0. The van der Waals surface area contributed by atoms with Crippen molar-refractivity contribution in [3.63, 3.8) is 0 Å². The van der Waals surface area contributed by atoms with Crippen LogP contribution in [0, 0.1) is 28.6 Å². The van der Waals surface area contributed by atoms with Crippen LogP contribution in [-0.2, 0) is 4.79 Å². The van der Waals surface area contributed by atoms with E-state index in [0.29, 0.717) is 28.4 Å². The van der Waals surface area contributed by atoms with E-state index in [2.05, 4.69) is 27.7 Å². The van der Waals surface area contributed by atoms with Crippen molar-refractivity contribution in [3.8, 4) is 0 Å². The summed E-state index contributed by atoms with van der Waals surface area (Å²) in [4.78, 5) is 11.6. The smallest absolute Gasteiger partial charge is 0.156 e. The molecular weight excluding hydrogens is 184 g/mol. The normalized spacial score (nSPS) is 44.4. The van der Waals surface area contributed by atoms with Gasteiger partial charge >= 0.3 is 0 Å². The molecule has 0 aromatic carbocycles. The molecule has 0 unspecified atom stereocenters. The first kappa shape index (κ1) is 9.62. The van der Waals surface area contributed by atoms with E-state index in [9.17, 15) is 4.79 Å². The van der Waals surface area contributed by atoms with E-state index in [-0.39, 0.29) is 0 Å². The Morgan fingerprint density at radius 1 is 1.13 bits per heavy atom. The minimum absolute atomic E-state index is 0.330. The zero-order valence-electron chi connectivity index (χ0n) is 10.1. The minimum Gasteiger partial charge on any atom is -0.295 e. The summed E-state index contributed by atoms with van der Waals surface area (Å²) in [5, 5.41) is 0. The largest absolute Gasteiger partial charge is 0.295 e. The van der Waals surface area contributed by atoms with Gasteiger partial charge in [-0.3, -0.25) is 4.79 Å². The van der Waals surface area contributed by atoms with Crippen LogP contribution in [0.1, 0.15) is 40.5 Å². The lowest BCUT2D eigenvalue weighted by molar-refractivity contribution is -0.137. The Kier molecular flexibility index (Phi) is 1.53. The van der Waals surface area contributed by atoms with Crippen LogP contribution in [0.3, 0.4) is 0 Å². The molecule has 0 aliphatic heterocycles. The Hall–Kier alpha value is -0.590. The van der Waals surface area contributed by atoms with E-state index < -0.39 is 0 Å². The molecule has 0 saturated heterocycles. The Labute approximate surface area is 91.9 Å². The predicted octanol–water partition coefficient (Wildman–Crippen LogP) is 3.20. The molecule has 4 aliphatic carbocycles. The fourth-order valence-corrected chi connectivity index (χ4v) is 4.70. The van der Waals surface area contributed by atoms with Crippen molar-refractivity contribution < 1.29 is 4.79 Å². The van der Waals surface area contributed by atoms with Crippen LogP contribution in [0.25, 0.3) is 0 Å². The molecule has 0 radical (unpaired) electrons. The molecule has 4 aliphatic rings. The quantitative estimate of drug-likeness (QED) is 0.592. The fourth-order valence-electron chi connectivity index (χ4n) is 4.70. The van der Waals surface area contributed by atoms with E-state index in [1.165, 1.54) is 12.0 Å². The summed E-state index contributed by atoms with van der Waals surface area (Å²) >= 11 is 0. The molecule has 0 heterocycles. The molecule has 3 saturated carbocycles. The monoisotopic (exact) mass is 204 g/mol. The summed E-state index contributed by atoms with van der Waals surface area (Å²) in [6.07, 6.45) is 4.06. The number of hydrogen-bond acceptors (Lipinski definition) is 1. The molecule has 1 nitrogen and oxygen atoms in total. The van der Waals surface area contributed by atoms with E-state index >= 15 is 0 Å². The molecule has 3 atom stereocenters. The lowest BCUT2D eigenvalue weighted by atomic mass is 9.38. The third-order valence-corrected chi connectivity index (χ3v) is 5.60. The molecule has 0 amide bonds. The first-order valence-corrected chi connectivity index (χ1v) is 6.09. The summed E-state index contributed by atoms with van der Waals surface area (Å²) in [6, 6.07) is 0. The summed E-state index contributed by atoms with van der Waals surface area (Å²) < 4.78 is 0. The molecular formula is C14H20O. The third-order valence-electron chi connectivity index (χ3n) is 5.60. The van der Waals surface area contributed by atoms with Crippen LogP contribution >= 0.6 is 0 Å². The maximum absolute atomic E-state index is 11.6. The average molecular weight is 204 g/mol. The van der Waals surface area contributed by atoms with E-state index in [1.54, 1.807) is 0 Å². The highest BCUT2D eigenvalue weighted by molar-refractivity contribution is 5.94. The Morgan fingerprint density at radius 3 is 2.33 bits per heavy atom. The number of rotatable bonds is 0. The van der Waals surface area contributed by atoms with E-state index in [1.807, 2.05) is 6.08 Å². The van der Waals surface area contributed by atoms with Crippen LogP contribution in [0.4, 0.5) is 0 Å². The van der Waals surface area contributed by atoms with Crippen LogP contribution in [0.5, 0.6) is 0 Å². The third kappa shape index (κ3) is 0.926. The van der Waals surface area contributed by atoms with Crippen molar-refractivity contribution in [2.45, 2.75) is 40.5 Å². The first-order valence-electron chi connectivity index (χ1n) is 6.09. The number of ketones is 1. The Morgan fingerprint density at radius 2 is 1.73 bits per heavy atom. The van der Waals surface area contributed by atoms with Gasteiger partial charge in [-0.25, -0.2) is 0 Å². The summed E-state index contributed by atoms with van der Waals surface area (Å²) in [5.41, 5.74) is 2.24. The van der Waals surface area contributed by atoms with Crippen LogP contribution in [0.15, 0.2) is 11.6 Å². The van der Waals surface area contributed by atoms with Gasteiger partial charge in [-0.1, -0.05) is 33.3 Å². The summed E-state index contributed by atoms with van der Waals surface area (Å²) in [7, 11) is 0. The maximum atomic E-state index is 11.6. The highest BCUT2D eigenvalue weighted by Gasteiger charge is 2.64. The first-order chi connectivity index (χ1) is 6.85. The minimum atomic E-state index is 0.330. The SMILES string of the molecule is CC1(C)[C@@H]2C[C@H](C3=CC(=O)C[C@H]31)C2(C)C. The lowest BCUT2D eigenvalue weighted by Gasteiger charge is -2.66. The molecule has 0 spiro atoms. The molecule has 4 rings (SSSR count). The van der Waals surface area contributed by atoms with Crippen molar-refractivity contribution >= 4 is 5.78 Å². The van der Waals surface area contributed by atoms with Gasteiger partial charge in [0.15, 0.2) is 5.78 Å². The van der Waals surface area contributed by atoms with Crippen molar-refractivity contribution in [3.05, 3.63) is 11.6 Å². The maximum Gasteiger partial charge on any atom is 0.156 e. The molecule has 3 fully saturated rings. The van der Waals surface area contributed by atoms with Crippen LogP contribution in [0.2, 0.25) is 0 Å². The van der Waals surface area contributed by atoms with Gasteiger partial charge in [-0.15, -0.1) is 0 Å². The lowest BCUT2D eigenvalue weighted by Crippen LogP contribution is -2.60. The second-order valence-electron chi connectivity index (χ2n) is 6.85. The van der Waals surface area contributed by atoms with Gasteiger partial charge in [0.25, 0.3) is 0 Å². The molecule has 1 heteroatoms. The van der Waals surface area contributed by atoms with Gasteiger partial charge < -0.3 is 0 Å². The molecule has 15 heavy (non-hydrogen) atoms. The van der Waals surface area contributed by atoms with Gasteiger partial charge in [0.05, 0.1) is 0 Å². The Bertz CT molecular complexity index is 373. The van der Waals surface area contributed by atoms with Crippen molar-refractivity contribution in [2.24, 2.45) is 28.6 Å². The highest BCUT2D eigenvalue weighted by Crippen LogP contribution is 2.71. The average Bonchev–Trinajstić information content (AvgIpc) is 2.45. The number of carbonyl (C=O) groups is 1. The van der Waals surface area contributed by atoms with Gasteiger partial charge in [0.1, 0.15) is 0 Å². The van der Waals surface area contributed by atoms with Crippen LogP contribution < -0.4 is 0 Å². The van der Waals surface area contributed by atoms with Gasteiger partial charge in [0, 0.05) is 6.42 Å². The van der Waals surface area contributed by atoms with Crippen molar-refractivity contribution in [2.75, 3.05) is 0 Å². The molecule has 2 bridgehead atoms. The summed E-state index contributed by atoms with van der Waals surface area (Å²) in [5.74, 6) is 2.43. The number of allylic oxidation sites excluding steroid dienone is 2. The molecule has 0 N–H and O–H groups in total. The van der Waals surface area contributed by atoms with E-state index in [4.69, 9.17) is 0 Å². The van der Waals surface area contributed by atoms with Gasteiger partial charge in [0.2, 0.25) is 0 Å². The highest BCUT2D eigenvalue weighted by atomic mass is 16.1. The van der Waals surface area contributed by atoms with Gasteiger partial charge in [-0.05, 0) is 41.1 Å². The van der Waals surface area contributed by atoms with Crippen molar-refractivity contribution in [1.29, 1.82) is 0 Å². The standard InChI is InChI=1S/C14H20O/c1-13(2)10-6-8(15)5-9(10)11-7-12(13)14(11,3)4/h5,10-12H,6-7H2,1-4H3/t10-,11-,12+/m1/s1.